The number of rotatable bonds is 7. The van der Waals surface area contributed by atoms with E-state index in [-0.39, 0.29) is 11.9 Å². The first-order chi connectivity index (χ1) is 9.87. The third kappa shape index (κ3) is 4.33. The number of aliphatic carboxylic acids is 1. The SMILES string of the molecule is CCCC(C)(NC(=O)N(CC)CC)N1CCC(C(=O)O)C1. The molecule has 0 aromatic carbocycles. The van der Waals surface area contributed by atoms with E-state index in [1.165, 1.54) is 0 Å². The Morgan fingerprint density at radius 3 is 2.38 bits per heavy atom. The topological polar surface area (TPSA) is 72.9 Å². The van der Waals surface area contributed by atoms with E-state index < -0.39 is 11.6 Å². The highest BCUT2D eigenvalue weighted by Gasteiger charge is 2.40. The zero-order valence-electron chi connectivity index (χ0n) is 13.7. The van der Waals surface area contributed by atoms with E-state index in [0.29, 0.717) is 32.6 Å². The van der Waals surface area contributed by atoms with Crippen molar-refractivity contribution < 1.29 is 14.7 Å². The van der Waals surface area contributed by atoms with Crippen molar-refractivity contribution in [1.29, 1.82) is 0 Å². The molecule has 0 bridgehead atoms. The highest BCUT2D eigenvalue weighted by Crippen LogP contribution is 2.27. The number of carboxylic acid groups (broad SMARTS) is 1. The summed E-state index contributed by atoms with van der Waals surface area (Å²) in [5.41, 5.74) is -0.474. The number of carboxylic acids is 1. The Labute approximate surface area is 127 Å². The first kappa shape index (κ1) is 17.8. The van der Waals surface area contributed by atoms with Crippen LogP contribution in [0.25, 0.3) is 0 Å². The highest BCUT2D eigenvalue weighted by molar-refractivity contribution is 5.75. The molecule has 0 radical (unpaired) electrons. The fourth-order valence-electron chi connectivity index (χ4n) is 3.02. The van der Waals surface area contributed by atoms with Crippen LogP contribution in [0.15, 0.2) is 0 Å². The zero-order valence-corrected chi connectivity index (χ0v) is 13.7. The van der Waals surface area contributed by atoms with Crippen LogP contribution >= 0.6 is 0 Å². The van der Waals surface area contributed by atoms with Crippen LogP contribution in [0.2, 0.25) is 0 Å². The maximum Gasteiger partial charge on any atom is 0.318 e. The summed E-state index contributed by atoms with van der Waals surface area (Å²) in [4.78, 5) is 27.3. The van der Waals surface area contributed by atoms with Crippen molar-refractivity contribution in [3.05, 3.63) is 0 Å². The van der Waals surface area contributed by atoms with Gasteiger partial charge in [-0.3, -0.25) is 9.69 Å². The monoisotopic (exact) mass is 299 g/mol. The molecule has 0 aliphatic carbocycles. The van der Waals surface area contributed by atoms with Crippen LogP contribution in [-0.2, 0) is 4.79 Å². The minimum atomic E-state index is -0.744. The Bertz CT molecular complexity index is 371. The minimum Gasteiger partial charge on any atom is -0.481 e. The maximum atomic E-state index is 12.3. The van der Waals surface area contributed by atoms with Crippen LogP contribution in [0.4, 0.5) is 4.79 Å². The standard InChI is InChI=1S/C15H29N3O3/c1-5-9-15(4,16-14(21)17(6-2)7-3)18-10-8-12(11-18)13(19)20/h12H,5-11H2,1-4H3,(H,16,21)(H,19,20). The Balaban J connectivity index is 2.78. The average Bonchev–Trinajstić information content (AvgIpc) is 2.90. The molecule has 1 aliphatic rings. The van der Waals surface area contributed by atoms with E-state index in [2.05, 4.69) is 17.1 Å². The first-order valence-electron chi connectivity index (χ1n) is 7.92. The van der Waals surface area contributed by atoms with Gasteiger partial charge in [-0.05, 0) is 33.6 Å². The lowest BCUT2D eigenvalue weighted by Crippen LogP contribution is -2.60. The number of likely N-dealkylation sites (tertiary alicyclic amines) is 1. The van der Waals surface area contributed by atoms with Gasteiger partial charge >= 0.3 is 12.0 Å². The summed E-state index contributed by atoms with van der Waals surface area (Å²) in [7, 11) is 0. The summed E-state index contributed by atoms with van der Waals surface area (Å²) in [6.45, 7) is 10.5. The second-order valence-corrected chi connectivity index (χ2v) is 5.90. The Morgan fingerprint density at radius 2 is 1.95 bits per heavy atom. The second kappa shape index (κ2) is 7.64. The summed E-state index contributed by atoms with van der Waals surface area (Å²) >= 11 is 0. The maximum absolute atomic E-state index is 12.3. The molecule has 1 aliphatic heterocycles. The van der Waals surface area contributed by atoms with Crippen LogP contribution in [-0.4, -0.2) is 58.7 Å². The van der Waals surface area contributed by atoms with E-state index in [1.807, 2.05) is 20.8 Å². The van der Waals surface area contributed by atoms with Gasteiger partial charge in [-0.25, -0.2) is 4.79 Å². The van der Waals surface area contributed by atoms with Gasteiger partial charge in [0.25, 0.3) is 0 Å². The number of urea groups is 1. The van der Waals surface area contributed by atoms with Crippen LogP contribution < -0.4 is 5.32 Å². The molecule has 2 amide bonds. The Morgan fingerprint density at radius 1 is 1.33 bits per heavy atom. The summed E-state index contributed by atoms with van der Waals surface area (Å²) in [6.07, 6.45) is 2.39. The summed E-state index contributed by atoms with van der Waals surface area (Å²) in [5.74, 6) is -1.07. The molecule has 1 heterocycles. The van der Waals surface area contributed by atoms with Crippen molar-refractivity contribution in [1.82, 2.24) is 15.1 Å². The third-order valence-corrected chi connectivity index (χ3v) is 4.40. The number of carbonyl (C=O) groups excluding carboxylic acids is 1. The molecule has 6 nitrogen and oxygen atoms in total. The minimum absolute atomic E-state index is 0.0743. The molecule has 1 rings (SSSR count). The lowest BCUT2D eigenvalue weighted by Gasteiger charge is -2.41. The molecule has 2 atom stereocenters. The molecule has 21 heavy (non-hydrogen) atoms. The molecule has 1 fully saturated rings. The zero-order chi connectivity index (χ0) is 16.0. The summed E-state index contributed by atoms with van der Waals surface area (Å²) < 4.78 is 0. The quantitative estimate of drug-likeness (QED) is 0.754. The number of hydrogen-bond donors (Lipinski definition) is 2. The fraction of sp³-hybridized carbons (Fsp3) is 0.867. The molecule has 0 spiro atoms. The van der Waals surface area contributed by atoms with E-state index in [4.69, 9.17) is 5.11 Å². The predicted octanol–water partition coefficient (Wildman–Crippen LogP) is 1.96. The van der Waals surface area contributed by atoms with Crippen molar-refractivity contribution >= 4 is 12.0 Å². The molecule has 122 valence electrons. The van der Waals surface area contributed by atoms with Gasteiger partial charge in [0.15, 0.2) is 0 Å². The molecule has 2 N–H and O–H groups in total. The van der Waals surface area contributed by atoms with Gasteiger partial charge in [-0.15, -0.1) is 0 Å². The van der Waals surface area contributed by atoms with Crippen LogP contribution in [0.1, 0.15) is 47.0 Å². The molecule has 0 aromatic rings. The number of carbonyl (C=O) groups is 2. The molecular weight excluding hydrogens is 270 g/mol. The largest absolute Gasteiger partial charge is 0.481 e. The van der Waals surface area contributed by atoms with E-state index in [0.717, 1.165) is 12.8 Å². The van der Waals surface area contributed by atoms with E-state index in [1.54, 1.807) is 4.90 Å². The van der Waals surface area contributed by atoms with Crippen LogP contribution in [0, 0.1) is 5.92 Å². The Kier molecular flexibility index (Phi) is 6.45. The van der Waals surface area contributed by atoms with Crippen molar-refractivity contribution in [3.8, 4) is 0 Å². The van der Waals surface area contributed by atoms with Gasteiger partial charge in [0.2, 0.25) is 0 Å². The highest BCUT2D eigenvalue weighted by atomic mass is 16.4. The fourth-order valence-corrected chi connectivity index (χ4v) is 3.02. The van der Waals surface area contributed by atoms with Gasteiger partial charge < -0.3 is 15.3 Å². The van der Waals surface area contributed by atoms with Crippen LogP contribution in [0.5, 0.6) is 0 Å². The normalized spacial score (nSPS) is 21.8. The van der Waals surface area contributed by atoms with E-state index >= 15 is 0 Å². The molecule has 0 aromatic heterocycles. The molecule has 2 unspecified atom stereocenters. The molecular formula is C15H29N3O3. The predicted molar refractivity (Wildman–Crippen MR) is 82.1 cm³/mol. The van der Waals surface area contributed by atoms with Crippen molar-refractivity contribution in [3.63, 3.8) is 0 Å². The number of amides is 2. The first-order valence-corrected chi connectivity index (χ1v) is 7.92. The second-order valence-electron chi connectivity index (χ2n) is 5.90. The van der Waals surface area contributed by atoms with Gasteiger partial charge in [-0.2, -0.15) is 0 Å². The Hall–Kier alpha value is -1.30. The number of hydrogen-bond acceptors (Lipinski definition) is 3. The molecule has 0 saturated carbocycles. The summed E-state index contributed by atoms with van der Waals surface area (Å²) in [6, 6.07) is -0.0743. The van der Waals surface area contributed by atoms with Gasteiger partial charge in [0.1, 0.15) is 0 Å². The smallest absolute Gasteiger partial charge is 0.318 e. The van der Waals surface area contributed by atoms with Crippen molar-refractivity contribution in [2.45, 2.75) is 52.6 Å². The number of nitrogens with one attached hydrogen (secondary N) is 1. The molecule has 6 heteroatoms. The lowest BCUT2D eigenvalue weighted by molar-refractivity contribution is -0.141. The van der Waals surface area contributed by atoms with Gasteiger partial charge in [0, 0.05) is 26.2 Å². The molecule has 1 saturated heterocycles. The van der Waals surface area contributed by atoms with Gasteiger partial charge in [-0.1, -0.05) is 13.3 Å². The van der Waals surface area contributed by atoms with Gasteiger partial charge in [0.05, 0.1) is 11.6 Å². The van der Waals surface area contributed by atoms with E-state index in [9.17, 15) is 9.59 Å². The third-order valence-electron chi connectivity index (χ3n) is 4.40. The lowest BCUT2D eigenvalue weighted by atomic mass is 10.0. The number of nitrogens with zero attached hydrogens (tertiary/aromatic N) is 2. The van der Waals surface area contributed by atoms with Crippen molar-refractivity contribution in [2.24, 2.45) is 5.92 Å². The van der Waals surface area contributed by atoms with Crippen molar-refractivity contribution in [2.75, 3.05) is 26.2 Å². The summed E-state index contributed by atoms with van der Waals surface area (Å²) in [5, 5.41) is 12.3. The van der Waals surface area contributed by atoms with Crippen LogP contribution in [0.3, 0.4) is 0 Å². The average molecular weight is 299 g/mol.